The van der Waals surface area contributed by atoms with E-state index in [2.05, 4.69) is 15.2 Å². The van der Waals surface area contributed by atoms with Gasteiger partial charge in [-0.1, -0.05) is 0 Å². The molecule has 2 bridgehead atoms. The third kappa shape index (κ3) is 2.17. The Morgan fingerprint density at radius 3 is 2.87 bits per heavy atom. The van der Waals surface area contributed by atoms with Crippen molar-refractivity contribution in [2.75, 3.05) is 13.1 Å². The zero-order valence-corrected chi connectivity index (χ0v) is 13.6. The highest BCUT2D eigenvalue weighted by atomic mass is 35.5. The topological polar surface area (TPSA) is 58.4 Å². The minimum absolute atomic E-state index is 0. The molecule has 5 nitrogen and oxygen atoms in total. The highest BCUT2D eigenvalue weighted by Gasteiger charge is 2.60. The van der Waals surface area contributed by atoms with Crippen molar-refractivity contribution in [3.05, 3.63) is 30.3 Å². The highest BCUT2D eigenvalue weighted by molar-refractivity contribution is 5.95. The van der Waals surface area contributed by atoms with Gasteiger partial charge < -0.3 is 9.73 Å². The van der Waals surface area contributed by atoms with Crippen molar-refractivity contribution in [2.45, 2.75) is 37.3 Å². The molecule has 1 atom stereocenters. The number of nitrogens with one attached hydrogen (secondary N) is 1. The third-order valence-corrected chi connectivity index (χ3v) is 5.84. The van der Waals surface area contributed by atoms with Gasteiger partial charge in [-0.15, -0.1) is 12.4 Å². The van der Waals surface area contributed by atoms with Crippen LogP contribution in [0, 0.1) is 5.92 Å². The monoisotopic (exact) mass is 333 g/mol. The van der Waals surface area contributed by atoms with Crippen LogP contribution in [0.2, 0.25) is 0 Å². The van der Waals surface area contributed by atoms with Gasteiger partial charge in [0.25, 0.3) is 5.91 Å². The smallest absolute Gasteiger partial charge is 0.270 e. The Balaban J connectivity index is 0.00000135. The highest BCUT2D eigenvalue weighted by Crippen LogP contribution is 2.53. The quantitative estimate of drug-likeness (QED) is 0.917. The molecule has 1 amide bonds. The molecule has 5 heterocycles. The SMILES string of the molecule is Cl.O=C(NC1C2CCN(CC2)C12CC2)c1cc2ccoc2cn1. The van der Waals surface area contributed by atoms with Crippen molar-refractivity contribution in [1.82, 2.24) is 15.2 Å². The summed E-state index contributed by atoms with van der Waals surface area (Å²) in [5.41, 5.74) is 1.47. The van der Waals surface area contributed by atoms with Gasteiger partial charge in [0.05, 0.1) is 18.5 Å². The first-order valence-corrected chi connectivity index (χ1v) is 8.15. The molecule has 122 valence electrons. The number of hydrogen-bond acceptors (Lipinski definition) is 4. The fourth-order valence-electron chi connectivity index (χ4n) is 4.53. The van der Waals surface area contributed by atoms with Gasteiger partial charge in [-0.05, 0) is 56.8 Å². The number of hydrogen-bond donors (Lipinski definition) is 1. The summed E-state index contributed by atoms with van der Waals surface area (Å²) in [6, 6.07) is 3.98. The molecule has 1 saturated carbocycles. The van der Waals surface area contributed by atoms with E-state index < -0.39 is 0 Å². The second kappa shape index (κ2) is 5.21. The van der Waals surface area contributed by atoms with Crippen molar-refractivity contribution in [1.29, 1.82) is 0 Å². The van der Waals surface area contributed by atoms with E-state index in [0.29, 0.717) is 17.7 Å². The van der Waals surface area contributed by atoms with Gasteiger partial charge in [0.2, 0.25) is 0 Å². The van der Waals surface area contributed by atoms with E-state index in [1.807, 2.05) is 12.1 Å². The molecule has 4 aliphatic rings. The summed E-state index contributed by atoms with van der Waals surface area (Å²) in [6.45, 7) is 2.41. The molecule has 0 aromatic carbocycles. The van der Waals surface area contributed by atoms with E-state index in [0.717, 1.165) is 11.0 Å². The standard InChI is InChI=1S/C17H19N3O2.ClH/c21-16(13-9-12-3-8-22-14(12)10-18-13)19-15-11-1-6-20(7-2-11)17(15)4-5-17;/h3,8-11,15H,1-2,4-7H2,(H,19,21);1H. The number of pyridine rings is 1. The van der Waals surface area contributed by atoms with Crippen LogP contribution < -0.4 is 5.32 Å². The van der Waals surface area contributed by atoms with Crippen molar-refractivity contribution >= 4 is 29.3 Å². The molecule has 6 rings (SSSR count). The van der Waals surface area contributed by atoms with Gasteiger partial charge in [-0.3, -0.25) is 9.69 Å². The molecular weight excluding hydrogens is 314 g/mol. The Morgan fingerprint density at radius 1 is 1.35 bits per heavy atom. The lowest BCUT2D eigenvalue weighted by Crippen LogP contribution is -2.65. The number of carbonyl (C=O) groups is 1. The van der Waals surface area contributed by atoms with Gasteiger partial charge >= 0.3 is 0 Å². The van der Waals surface area contributed by atoms with Gasteiger partial charge in [0, 0.05) is 10.9 Å². The van der Waals surface area contributed by atoms with E-state index in [4.69, 9.17) is 4.42 Å². The molecule has 1 spiro atoms. The van der Waals surface area contributed by atoms with Crippen molar-refractivity contribution in [3.8, 4) is 0 Å². The Morgan fingerprint density at radius 2 is 2.13 bits per heavy atom. The molecule has 1 aliphatic carbocycles. The molecule has 2 aromatic rings. The number of furan rings is 1. The summed E-state index contributed by atoms with van der Waals surface area (Å²) < 4.78 is 5.29. The van der Waals surface area contributed by atoms with Gasteiger partial charge in [0.1, 0.15) is 5.69 Å². The predicted octanol–water partition coefficient (Wildman–Crippen LogP) is 2.61. The number of rotatable bonds is 2. The van der Waals surface area contributed by atoms with Crippen LogP contribution in [-0.4, -0.2) is 40.5 Å². The summed E-state index contributed by atoms with van der Waals surface area (Å²) in [5, 5.41) is 4.23. The summed E-state index contributed by atoms with van der Waals surface area (Å²) in [7, 11) is 0. The van der Waals surface area contributed by atoms with Crippen LogP contribution in [-0.2, 0) is 0 Å². The largest absolute Gasteiger partial charge is 0.463 e. The summed E-state index contributed by atoms with van der Waals surface area (Å²) in [4.78, 5) is 19.5. The maximum absolute atomic E-state index is 12.6. The van der Waals surface area contributed by atoms with E-state index in [1.165, 1.54) is 38.8 Å². The van der Waals surface area contributed by atoms with Crippen molar-refractivity contribution in [3.63, 3.8) is 0 Å². The second-order valence-corrected chi connectivity index (χ2v) is 6.91. The minimum atomic E-state index is -0.0480. The normalized spacial score (nSPS) is 30.2. The molecule has 23 heavy (non-hydrogen) atoms. The van der Waals surface area contributed by atoms with E-state index in [-0.39, 0.29) is 23.9 Å². The predicted molar refractivity (Wildman–Crippen MR) is 88.8 cm³/mol. The van der Waals surface area contributed by atoms with Crippen LogP contribution in [0.1, 0.15) is 36.2 Å². The van der Waals surface area contributed by atoms with Gasteiger partial charge in [0.15, 0.2) is 5.58 Å². The summed E-state index contributed by atoms with van der Waals surface area (Å²) in [6.07, 6.45) is 8.13. The first-order valence-electron chi connectivity index (χ1n) is 8.15. The first-order chi connectivity index (χ1) is 10.8. The fourth-order valence-corrected chi connectivity index (χ4v) is 4.53. The number of aromatic nitrogens is 1. The number of piperidine rings is 3. The Labute approximate surface area is 140 Å². The molecule has 1 unspecified atom stereocenters. The minimum Gasteiger partial charge on any atom is -0.463 e. The van der Waals surface area contributed by atoms with Crippen LogP contribution in [0.15, 0.2) is 29.0 Å². The van der Waals surface area contributed by atoms with Gasteiger partial charge in [-0.2, -0.15) is 0 Å². The first kappa shape index (κ1) is 15.0. The van der Waals surface area contributed by atoms with Crippen LogP contribution >= 0.6 is 12.4 Å². The van der Waals surface area contributed by atoms with Crippen molar-refractivity contribution in [2.24, 2.45) is 5.92 Å². The zero-order chi connectivity index (χ0) is 14.7. The number of halogens is 1. The lowest BCUT2D eigenvalue weighted by Gasteiger charge is -2.52. The van der Waals surface area contributed by atoms with Crippen LogP contribution in [0.5, 0.6) is 0 Å². The van der Waals surface area contributed by atoms with E-state index in [9.17, 15) is 4.79 Å². The average molecular weight is 334 g/mol. The van der Waals surface area contributed by atoms with Crippen LogP contribution in [0.3, 0.4) is 0 Å². The van der Waals surface area contributed by atoms with E-state index in [1.54, 1.807) is 12.5 Å². The molecule has 3 saturated heterocycles. The molecule has 0 radical (unpaired) electrons. The summed E-state index contributed by atoms with van der Waals surface area (Å²) >= 11 is 0. The molecular formula is C17H20ClN3O2. The number of amides is 1. The van der Waals surface area contributed by atoms with E-state index >= 15 is 0 Å². The molecule has 6 heteroatoms. The Hall–Kier alpha value is -1.59. The van der Waals surface area contributed by atoms with Crippen LogP contribution in [0.25, 0.3) is 11.0 Å². The lowest BCUT2D eigenvalue weighted by atomic mass is 9.77. The number of carbonyl (C=O) groups excluding carboxylic acids is 1. The fraction of sp³-hybridized carbons (Fsp3) is 0.529. The third-order valence-electron chi connectivity index (χ3n) is 5.84. The maximum Gasteiger partial charge on any atom is 0.270 e. The Bertz CT molecular complexity index is 747. The molecule has 2 aromatic heterocycles. The van der Waals surface area contributed by atoms with Crippen molar-refractivity contribution < 1.29 is 9.21 Å². The molecule has 4 fully saturated rings. The zero-order valence-electron chi connectivity index (χ0n) is 12.8. The summed E-state index contributed by atoms with van der Waals surface area (Å²) in [5.74, 6) is 0.585. The van der Waals surface area contributed by atoms with Crippen LogP contribution in [0.4, 0.5) is 0 Å². The average Bonchev–Trinajstić information content (AvgIpc) is 3.18. The number of nitrogens with zero attached hydrogens (tertiary/aromatic N) is 2. The Kier molecular flexibility index (Phi) is 3.39. The number of fused-ring (bicyclic) bond motifs is 3. The molecule has 1 N–H and O–H groups in total. The maximum atomic E-state index is 12.6. The second-order valence-electron chi connectivity index (χ2n) is 6.91. The molecule has 3 aliphatic heterocycles. The van der Waals surface area contributed by atoms with Gasteiger partial charge in [-0.25, -0.2) is 4.98 Å². The lowest BCUT2D eigenvalue weighted by molar-refractivity contribution is -0.00152.